The molecule has 0 amide bonds. The topological polar surface area (TPSA) is 45.6 Å². The normalized spacial score (nSPS) is 31.1. The lowest BCUT2D eigenvalue weighted by Crippen LogP contribution is -2.59. The molecule has 1 aromatic heterocycles. The fraction of sp³-hybridized carbons (Fsp3) is 0.733. The van der Waals surface area contributed by atoms with E-state index in [1.54, 1.807) is 6.26 Å². The lowest BCUT2D eigenvalue weighted by Gasteiger charge is -2.49. The van der Waals surface area contributed by atoms with Crippen LogP contribution in [-0.2, 0) is 0 Å². The van der Waals surface area contributed by atoms with E-state index < -0.39 is 0 Å². The van der Waals surface area contributed by atoms with Crippen LogP contribution in [0, 0.1) is 0 Å². The molecular formula is C15H25N3O. The number of piperidine rings is 1. The highest BCUT2D eigenvalue weighted by molar-refractivity contribution is 5.13. The number of fused-ring (bicyclic) bond motifs is 1. The highest BCUT2D eigenvalue weighted by atomic mass is 16.3. The zero-order chi connectivity index (χ0) is 13.2. The molecule has 106 valence electrons. The zero-order valence-electron chi connectivity index (χ0n) is 11.8. The second-order valence-electron chi connectivity index (χ2n) is 6.00. The maximum absolute atomic E-state index is 6.03. The lowest BCUT2D eigenvalue weighted by molar-refractivity contribution is -0.00677. The van der Waals surface area contributed by atoms with Crippen molar-refractivity contribution < 1.29 is 4.42 Å². The molecule has 0 aliphatic carbocycles. The van der Waals surface area contributed by atoms with Gasteiger partial charge in [-0.2, -0.15) is 0 Å². The molecule has 2 saturated heterocycles. The number of piperazine rings is 1. The van der Waals surface area contributed by atoms with E-state index in [0.29, 0.717) is 18.6 Å². The number of rotatable bonds is 3. The maximum Gasteiger partial charge on any atom is 0.0950 e. The molecule has 0 saturated carbocycles. The van der Waals surface area contributed by atoms with E-state index in [2.05, 4.69) is 22.8 Å². The summed E-state index contributed by atoms with van der Waals surface area (Å²) in [5, 5.41) is 0. The van der Waals surface area contributed by atoms with E-state index in [-0.39, 0.29) is 0 Å². The zero-order valence-corrected chi connectivity index (χ0v) is 11.8. The van der Waals surface area contributed by atoms with Gasteiger partial charge in [0.1, 0.15) is 0 Å². The molecule has 1 aromatic rings. The number of nitrogens with two attached hydrogens (primary N) is 1. The molecule has 4 nitrogen and oxygen atoms in total. The first-order valence-electron chi connectivity index (χ1n) is 7.51. The van der Waals surface area contributed by atoms with Crippen molar-refractivity contribution in [2.45, 2.75) is 44.3 Å². The SMILES string of the molecule is CC1CN2CCCCC2CN1C(CN)c1ccoc1. The monoisotopic (exact) mass is 263 g/mol. The van der Waals surface area contributed by atoms with Crippen LogP contribution in [0.4, 0.5) is 0 Å². The summed E-state index contributed by atoms with van der Waals surface area (Å²) in [5.74, 6) is 0. The quantitative estimate of drug-likeness (QED) is 0.904. The summed E-state index contributed by atoms with van der Waals surface area (Å²) in [5.41, 5.74) is 7.25. The Morgan fingerprint density at radius 1 is 1.42 bits per heavy atom. The summed E-state index contributed by atoms with van der Waals surface area (Å²) in [6.07, 6.45) is 7.68. The Morgan fingerprint density at radius 2 is 2.32 bits per heavy atom. The Morgan fingerprint density at radius 3 is 3.05 bits per heavy atom. The Labute approximate surface area is 115 Å². The third kappa shape index (κ3) is 2.57. The molecule has 2 aliphatic heterocycles. The van der Waals surface area contributed by atoms with Crippen molar-refractivity contribution in [3.05, 3.63) is 24.2 Å². The van der Waals surface area contributed by atoms with Gasteiger partial charge in [0.2, 0.25) is 0 Å². The first-order chi connectivity index (χ1) is 9.29. The molecule has 3 unspecified atom stereocenters. The molecule has 0 aromatic carbocycles. The summed E-state index contributed by atoms with van der Waals surface area (Å²) < 4.78 is 5.24. The second kappa shape index (κ2) is 5.65. The van der Waals surface area contributed by atoms with Crippen molar-refractivity contribution in [3.63, 3.8) is 0 Å². The minimum atomic E-state index is 0.304. The van der Waals surface area contributed by atoms with Crippen LogP contribution in [0.25, 0.3) is 0 Å². The fourth-order valence-electron chi connectivity index (χ4n) is 3.74. The average molecular weight is 263 g/mol. The van der Waals surface area contributed by atoms with Crippen molar-refractivity contribution in [1.82, 2.24) is 9.80 Å². The predicted molar refractivity (Wildman–Crippen MR) is 75.9 cm³/mol. The minimum absolute atomic E-state index is 0.304. The molecule has 2 aliphatic rings. The Balaban J connectivity index is 1.75. The van der Waals surface area contributed by atoms with Gasteiger partial charge >= 0.3 is 0 Å². The molecule has 3 atom stereocenters. The number of hydrogen-bond acceptors (Lipinski definition) is 4. The third-order valence-corrected chi connectivity index (χ3v) is 4.79. The van der Waals surface area contributed by atoms with Crippen molar-refractivity contribution >= 4 is 0 Å². The number of hydrogen-bond donors (Lipinski definition) is 1. The van der Waals surface area contributed by atoms with Gasteiger partial charge in [0, 0.05) is 37.3 Å². The summed E-state index contributed by atoms with van der Waals surface area (Å²) >= 11 is 0. The standard InChI is InChI=1S/C15H25N3O/c1-12-9-17-6-3-2-4-14(17)10-18(12)15(8-16)13-5-7-19-11-13/h5,7,11-12,14-15H,2-4,6,8-10,16H2,1H3. The van der Waals surface area contributed by atoms with Crippen LogP contribution >= 0.6 is 0 Å². The lowest BCUT2D eigenvalue weighted by atomic mass is 9.95. The van der Waals surface area contributed by atoms with Gasteiger partial charge in [-0.3, -0.25) is 9.80 Å². The van der Waals surface area contributed by atoms with Crippen LogP contribution in [0.5, 0.6) is 0 Å². The molecule has 0 spiro atoms. The van der Waals surface area contributed by atoms with Crippen molar-refractivity contribution in [2.24, 2.45) is 5.73 Å². The molecule has 0 bridgehead atoms. The predicted octanol–water partition coefficient (Wildman–Crippen LogP) is 1.84. The van der Waals surface area contributed by atoms with E-state index in [1.807, 2.05) is 6.26 Å². The van der Waals surface area contributed by atoms with E-state index in [0.717, 1.165) is 12.6 Å². The van der Waals surface area contributed by atoms with Crippen LogP contribution < -0.4 is 5.73 Å². The summed E-state index contributed by atoms with van der Waals surface area (Å²) in [6.45, 7) is 6.60. The molecule has 2 fully saturated rings. The molecule has 19 heavy (non-hydrogen) atoms. The first-order valence-corrected chi connectivity index (χ1v) is 7.51. The van der Waals surface area contributed by atoms with Crippen molar-refractivity contribution in [1.29, 1.82) is 0 Å². The van der Waals surface area contributed by atoms with E-state index in [9.17, 15) is 0 Å². The van der Waals surface area contributed by atoms with Gasteiger partial charge in [0.05, 0.1) is 18.6 Å². The van der Waals surface area contributed by atoms with E-state index >= 15 is 0 Å². The average Bonchev–Trinajstić information content (AvgIpc) is 2.94. The van der Waals surface area contributed by atoms with Crippen LogP contribution in [0.3, 0.4) is 0 Å². The Hall–Kier alpha value is -0.840. The molecule has 2 N–H and O–H groups in total. The second-order valence-corrected chi connectivity index (χ2v) is 6.00. The van der Waals surface area contributed by atoms with Gasteiger partial charge in [-0.25, -0.2) is 0 Å². The summed E-state index contributed by atoms with van der Waals surface area (Å²) in [6, 6.07) is 3.65. The first kappa shape index (κ1) is 13.2. The maximum atomic E-state index is 6.03. The Bertz CT molecular complexity index is 392. The van der Waals surface area contributed by atoms with E-state index in [4.69, 9.17) is 10.2 Å². The highest BCUT2D eigenvalue weighted by Gasteiger charge is 2.36. The van der Waals surface area contributed by atoms with Crippen LogP contribution in [0.1, 0.15) is 37.8 Å². The van der Waals surface area contributed by atoms with Crippen LogP contribution in [-0.4, -0.2) is 48.1 Å². The Kier molecular flexibility index (Phi) is 3.91. The molecule has 3 rings (SSSR count). The van der Waals surface area contributed by atoms with Crippen molar-refractivity contribution in [2.75, 3.05) is 26.2 Å². The van der Waals surface area contributed by atoms with E-state index in [1.165, 1.54) is 37.9 Å². The molecule has 3 heterocycles. The van der Waals surface area contributed by atoms with Crippen molar-refractivity contribution in [3.8, 4) is 0 Å². The van der Waals surface area contributed by atoms with Gasteiger partial charge in [0.15, 0.2) is 0 Å². The largest absolute Gasteiger partial charge is 0.472 e. The highest BCUT2D eigenvalue weighted by Crippen LogP contribution is 2.30. The molecular weight excluding hydrogens is 238 g/mol. The van der Waals surface area contributed by atoms with Gasteiger partial charge in [0.25, 0.3) is 0 Å². The fourth-order valence-corrected chi connectivity index (χ4v) is 3.74. The van der Waals surface area contributed by atoms with Gasteiger partial charge in [-0.15, -0.1) is 0 Å². The third-order valence-electron chi connectivity index (χ3n) is 4.79. The number of furan rings is 1. The molecule has 0 radical (unpaired) electrons. The van der Waals surface area contributed by atoms with Gasteiger partial charge < -0.3 is 10.2 Å². The van der Waals surface area contributed by atoms with Crippen LogP contribution in [0.2, 0.25) is 0 Å². The molecule has 4 heteroatoms. The smallest absolute Gasteiger partial charge is 0.0950 e. The van der Waals surface area contributed by atoms with Crippen LogP contribution in [0.15, 0.2) is 23.0 Å². The summed E-state index contributed by atoms with van der Waals surface area (Å²) in [4.78, 5) is 5.25. The summed E-state index contributed by atoms with van der Waals surface area (Å²) in [7, 11) is 0. The van der Waals surface area contributed by atoms with Gasteiger partial charge in [-0.05, 0) is 32.4 Å². The van der Waals surface area contributed by atoms with Gasteiger partial charge in [-0.1, -0.05) is 6.42 Å². The number of nitrogens with zero attached hydrogens (tertiary/aromatic N) is 2. The minimum Gasteiger partial charge on any atom is -0.472 e.